The molecule has 1 unspecified atom stereocenters. The average Bonchev–Trinajstić information content (AvgIpc) is 3.32. The van der Waals surface area contributed by atoms with Gasteiger partial charge < -0.3 is 15.2 Å². The Morgan fingerprint density at radius 1 is 1.11 bits per heavy atom. The van der Waals surface area contributed by atoms with Crippen LogP contribution in [0.25, 0.3) is 16.5 Å². The van der Waals surface area contributed by atoms with Gasteiger partial charge in [0.15, 0.2) is 0 Å². The second-order valence-corrected chi connectivity index (χ2v) is 12.0. The van der Waals surface area contributed by atoms with Gasteiger partial charge >= 0.3 is 0 Å². The highest BCUT2D eigenvalue weighted by molar-refractivity contribution is 7.88. The predicted molar refractivity (Wildman–Crippen MR) is 151 cm³/mol. The number of aromatic nitrogens is 1. The van der Waals surface area contributed by atoms with Gasteiger partial charge in [-0.2, -0.15) is 0 Å². The van der Waals surface area contributed by atoms with E-state index in [9.17, 15) is 8.42 Å². The topological polar surface area (TPSA) is 92.8 Å². The number of aryl methyl sites for hydroxylation is 1. The Bertz CT molecular complexity index is 1400. The molecule has 0 spiro atoms. The van der Waals surface area contributed by atoms with Crippen LogP contribution < -0.4 is 10.0 Å². The van der Waals surface area contributed by atoms with Gasteiger partial charge in [0.25, 0.3) is 0 Å². The first-order valence-electron chi connectivity index (χ1n) is 12.6. The largest absolute Gasteiger partial charge is 0.361 e. The average molecular weight is 541 g/mol. The van der Waals surface area contributed by atoms with Crippen molar-refractivity contribution in [3.8, 4) is 0 Å². The van der Waals surface area contributed by atoms with Crippen molar-refractivity contribution in [3.63, 3.8) is 0 Å². The van der Waals surface area contributed by atoms with Crippen LogP contribution in [0, 0.1) is 0 Å². The van der Waals surface area contributed by atoms with Crippen LogP contribution in [0.5, 0.6) is 0 Å². The van der Waals surface area contributed by atoms with Crippen LogP contribution in [-0.4, -0.2) is 74.4 Å². The number of hydrogen-bond acceptors (Lipinski definition) is 6. The number of halogens is 1. The monoisotopic (exact) mass is 540 g/mol. The number of aromatic amines is 1. The standard InChI is InChI=1S/C27H33ClN6O2S/c1-29-37(35,36)19-21-9-10-26-24(16-21)23(17-31-26)8-5-11-33-12-14-34(15-13-33)27(28)25(18-30-20-32-27)22-6-3-2-4-7-22/h2-4,6-7,9-10,16-18,20,29,31H,5,8,11-15,19H2,1H3,(H,30,32). The van der Waals surface area contributed by atoms with Crippen LogP contribution in [0.15, 0.2) is 65.9 Å². The number of hydrogen-bond donors (Lipinski definition) is 3. The van der Waals surface area contributed by atoms with Gasteiger partial charge in [-0.3, -0.25) is 4.90 Å². The number of benzene rings is 2. The minimum absolute atomic E-state index is 0.0162. The molecule has 8 nitrogen and oxygen atoms in total. The highest BCUT2D eigenvalue weighted by Gasteiger charge is 2.41. The van der Waals surface area contributed by atoms with Gasteiger partial charge in [0.05, 0.1) is 12.1 Å². The van der Waals surface area contributed by atoms with Crippen LogP contribution in [0.1, 0.15) is 23.1 Å². The minimum Gasteiger partial charge on any atom is -0.361 e. The molecule has 2 aliphatic heterocycles. The van der Waals surface area contributed by atoms with E-state index in [0.717, 1.165) is 73.2 Å². The lowest BCUT2D eigenvalue weighted by Crippen LogP contribution is -2.55. The number of sulfonamides is 1. The second kappa shape index (κ2) is 11.0. The Labute approximate surface area is 223 Å². The SMILES string of the molecule is CNS(=O)(=O)Cc1ccc2[nH]cc(CCCN3CCN(C4(Cl)N=CNC=C4c4ccccc4)CC3)c2c1. The molecule has 0 amide bonds. The maximum atomic E-state index is 12.0. The number of rotatable bonds is 9. The molecule has 0 aliphatic carbocycles. The zero-order valence-corrected chi connectivity index (χ0v) is 22.5. The molecular weight excluding hydrogens is 508 g/mol. The Kier molecular flexibility index (Phi) is 7.69. The third-order valence-electron chi connectivity index (χ3n) is 7.18. The Morgan fingerprint density at radius 2 is 1.89 bits per heavy atom. The van der Waals surface area contributed by atoms with E-state index in [1.807, 2.05) is 48.8 Å². The van der Waals surface area contributed by atoms with Crippen molar-refractivity contribution in [1.82, 2.24) is 24.8 Å². The third-order valence-corrected chi connectivity index (χ3v) is 9.05. The number of nitrogens with zero attached hydrogens (tertiary/aromatic N) is 3. The number of aliphatic imine (C=N–C) groups is 1. The van der Waals surface area contributed by atoms with Crippen molar-refractivity contribution in [2.75, 3.05) is 39.8 Å². The summed E-state index contributed by atoms with van der Waals surface area (Å²) in [5.41, 5.74) is 5.07. The maximum absolute atomic E-state index is 12.0. The zero-order valence-electron chi connectivity index (χ0n) is 21.0. The number of alkyl halides is 1. The maximum Gasteiger partial charge on any atom is 0.218 e. The van der Waals surface area contributed by atoms with E-state index < -0.39 is 15.1 Å². The predicted octanol–water partition coefficient (Wildman–Crippen LogP) is 3.33. The summed E-state index contributed by atoms with van der Waals surface area (Å²) in [6, 6.07) is 16.0. The third kappa shape index (κ3) is 5.76. The van der Waals surface area contributed by atoms with Gasteiger partial charge in [0, 0.05) is 55.1 Å². The lowest BCUT2D eigenvalue weighted by molar-refractivity contribution is 0.102. The highest BCUT2D eigenvalue weighted by atomic mass is 35.5. The summed E-state index contributed by atoms with van der Waals surface area (Å²) in [5, 5.41) is 3.29. The summed E-state index contributed by atoms with van der Waals surface area (Å²) in [6.07, 6.45) is 7.62. The quantitative estimate of drug-likeness (QED) is 0.286. The molecule has 0 radical (unpaired) electrons. The lowest BCUT2D eigenvalue weighted by atomic mass is 10.0. The van der Waals surface area contributed by atoms with E-state index in [1.165, 1.54) is 12.6 Å². The van der Waals surface area contributed by atoms with Crippen molar-refractivity contribution >= 4 is 44.4 Å². The molecule has 1 saturated heterocycles. The first-order chi connectivity index (χ1) is 17.9. The zero-order chi connectivity index (χ0) is 25.9. The van der Waals surface area contributed by atoms with E-state index >= 15 is 0 Å². The summed E-state index contributed by atoms with van der Waals surface area (Å²) in [4.78, 5) is 12.7. The van der Waals surface area contributed by atoms with E-state index in [2.05, 4.69) is 41.9 Å². The first kappa shape index (κ1) is 25.9. The molecule has 3 N–H and O–H groups in total. The van der Waals surface area contributed by atoms with Crippen LogP contribution in [0.4, 0.5) is 0 Å². The molecule has 0 bridgehead atoms. The number of nitrogens with one attached hydrogen (secondary N) is 3. The van der Waals surface area contributed by atoms with Crippen molar-refractivity contribution < 1.29 is 8.42 Å². The van der Waals surface area contributed by atoms with E-state index in [0.29, 0.717) is 0 Å². The molecule has 2 aromatic carbocycles. The van der Waals surface area contributed by atoms with Gasteiger partial charge in [-0.1, -0.05) is 48.0 Å². The van der Waals surface area contributed by atoms with Crippen molar-refractivity contribution in [3.05, 3.63) is 77.6 Å². The normalized spacial score (nSPS) is 21.2. The fourth-order valence-electron chi connectivity index (χ4n) is 5.12. The number of piperazine rings is 1. The molecule has 1 atom stereocenters. The highest BCUT2D eigenvalue weighted by Crippen LogP contribution is 2.39. The minimum atomic E-state index is -3.30. The summed E-state index contributed by atoms with van der Waals surface area (Å²) in [7, 11) is -1.86. The van der Waals surface area contributed by atoms with Crippen LogP contribution in [0.3, 0.4) is 0 Å². The molecule has 3 heterocycles. The second-order valence-electron chi connectivity index (χ2n) is 9.53. The van der Waals surface area contributed by atoms with Crippen molar-refractivity contribution in [2.45, 2.75) is 23.7 Å². The molecule has 10 heteroatoms. The lowest BCUT2D eigenvalue weighted by Gasteiger charge is -2.43. The van der Waals surface area contributed by atoms with Gasteiger partial charge in [0.2, 0.25) is 15.1 Å². The van der Waals surface area contributed by atoms with Gasteiger partial charge in [-0.25, -0.2) is 18.1 Å². The van der Waals surface area contributed by atoms with E-state index in [-0.39, 0.29) is 5.75 Å². The van der Waals surface area contributed by atoms with Crippen LogP contribution in [-0.2, 0) is 22.2 Å². The molecular formula is C27H33ClN6O2S. The van der Waals surface area contributed by atoms with Gasteiger partial charge in [-0.05, 0) is 55.3 Å². The summed E-state index contributed by atoms with van der Waals surface area (Å²) in [5.74, 6) is -0.0162. The smallest absolute Gasteiger partial charge is 0.218 e. The molecule has 2 aliphatic rings. The van der Waals surface area contributed by atoms with Crippen molar-refractivity contribution in [1.29, 1.82) is 0 Å². The van der Waals surface area contributed by atoms with Crippen LogP contribution >= 0.6 is 11.6 Å². The molecule has 1 fully saturated rings. The molecule has 3 aromatic rings. The van der Waals surface area contributed by atoms with E-state index in [1.54, 1.807) is 6.34 Å². The summed E-state index contributed by atoms with van der Waals surface area (Å²) < 4.78 is 26.3. The number of fused-ring (bicyclic) bond motifs is 1. The molecule has 1 aromatic heterocycles. The summed E-state index contributed by atoms with van der Waals surface area (Å²) >= 11 is 7.15. The Balaban J connectivity index is 1.17. The fourth-order valence-corrected chi connectivity index (χ4v) is 6.26. The molecule has 0 saturated carbocycles. The molecule has 37 heavy (non-hydrogen) atoms. The van der Waals surface area contributed by atoms with Gasteiger partial charge in [-0.15, -0.1) is 0 Å². The number of H-pyrrole nitrogens is 1. The Morgan fingerprint density at radius 3 is 2.65 bits per heavy atom. The van der Waals surface area contributed by atoms with Gasteiger partial charge in [0.1, 0.15) is 0 Å². The van der Waals surface area contributed by atoms with Crippen molar-refractivity contribution in [2.24, 2.45) is 4.99 Å². The molecule has 5 rings (SSSR count). The summed E-state index contributed by atoms with van der Waals surface area (Å²) in [6.45, 7) is 4.53. The fraction of sp³-hybridized carbons (Fsp3) is 0.370. The van der Waals surface area contributed by atoms with E-state index in [4.69, 9.17) is 11.6 Å². The molecule has 196 valence electrons. The first-order valence-corrected chi connectivity index (χ1v) is 14.6. The Hall–Kier alpha value is -2.69. The van der Waals surface area contributed by atoms with Crippen LogP contribution in [0.2, 0.25) is 0 Å².